The summed E-state index contributed by atoms with van der Waals surface area (Å²) in [6.07, 6.45) is 0.137. The molecule has 0 aliphatic rings. The molecule has 3 aromatic rings. The van der Waals surface area contributed by atoms with E-state index in [9.17, 15) is 23.5 Å². The molecule has 5 nitrogen and oxygen atoms in total. The number of benzene rings is 3. The zero-order chi connectivity index (χ0) is 25.4. The Balaban J connectivity index is 1.76. The molecule has 3 atom stereocenters. The summed E-state index contributed by atoms with van der Waals surface area (Å²) in [6, 6.07) is 17.9. The molecular formula is C27H27F2NO4S. The number of hydrogen-bond donors (Lipinski definition) is 3. The van der Waals surface area contributed by atoms with Gasteiger partial charge in [0.25, 0.3) is 0 Å². The molecule has 8 heteroatoms. The lowest BCUT2D eigenvalue weighted by Crippen LogP contribution is -2.47. The molecule has 0 spiro atoms. The number of thiol groups is 1. The Morgan fingerprint density at radius 1 is 0.971 bits per heavy atom. The topological polar surface area (TPSA) is 75.6 Å². The molecule has 0 heterocycles. The van der Waals surface area contributed by atoms with Gasteiger partial charge in [-0.25, -0.2) is 13.6 Å². The van der Waals surface area contributed by atoms with E-state index in [4.69, 9.17) is 4.74 Å². The maximum absolute atomic E-state index is 13.7. The monoisotopic (exact) mass is 499 g/mol. The van der Waals surface area contributed by atoms with Crippen molar-refractivity contribution in [3.63, 3.8) is 0 Å². The van der Waals surface area contributed by atoms with Gasteiger partial charge < -0.3 is 15.2 Å². The number of carbonyl (C=O) groups is 2. The Hall–Kier alpha value is -3.39. The summed E-state index contributed by atoms with van der Waals surface area (Å²) in [4.78, 5) is 26.2. The minimum absolute atomic E-state index is 0.0445. The normalized spacial score (nSPS) is 13.5. The summed E-state index contributed by atoms with van der Waals surface area (Å²) in [5, 5.41) is 12.3. The molecule has 0 radical (unpaired) electrons. The third kappa shape index (κ3) is 7.29. The molecule has 1 amide bonds. The SMILES string of the molecule is CC(c1ccc(F)c(F)c1)C(CS)C(=O)NC(Cc1ccc(O)cc1)C(=O)OCc1ccccc1. The molecule has 2 N–H and O–H groups in total. The van der Waals surface area contributed by atoms with Gasteiger partial charge in [0.15, 0.2) is 11.6 Å². The van der Waals surface area contributed by atoms with Crippen molar-refractivity contribution < 1.29 is 28.2 Å². The van der Waals surface area contributed by atoms with Crippen LogP contribution < -0.4 is 5.32 Å². The largest absolute Gasteiger partial charge is 0.508 e. The zero-order valence-electron chi connectivity index (χ0n) is 19.2. The predicted octanol–water partition coefficient (Wildman–Crippen LogP) is 4.79. The van der Waals surface area contributed by atoms with E-state index in [2.05, 4.69) is 17.9 Å². The Morgan fingerprint density at radius 2 is 1.66 bits per heavy atom. The van der Waals surface area contributed by atoms with Gasteiger partial charge in [-0.05, 0) is 46.9 Å². The van der Waals surface area contributed by atoms with Gasteiger partial charge in [0.05, 0.1) is 5.92 Å². The smallest absolute Gasteiger partial charge is 0.329 e. The molecule has 184 valence electrons. The second-order valence-corrected chi connectivity index (χ2v) is 8.64. The van der Waals surface area contributed by atoms with Crippen LogP contribution in [0.5, 0.6) is 5.75 Å². The van der Waals surface area contributed by atoms with Crippen LogP contribution in [0.25, 0.3) is 0 Å². The van der Waals surface area contributed by atoms with Crippen molar-refractivity contribution in [2.75, 3.05) is 5.75 Å². The average molecular weight is 500 g/mol. The van der Waals surface area contributed by atoms with Crippen LogP contribution in [-0.4, -0.2) is 28.8 Å². The van der Waals surface area contributed by atoms with Crippen molar-refractivity contribution in [1.82, 2.24) is 5.32 Å². The summed E-state index contributed by atoms with van der Waals surface area (Å²) >= 11 is 4.29. The standard InChI is InChI=1S/C27H27F2NO4S/c1-17(20-9-12-23(28)24(29)14-20)22(16-35)26(32)30-25(13-18-7-10-21(31)11-8-18)27(33)34-15-19-5-3-2-4-6-19/h2-12,14,17,22,25,31,35H,13,15-16H2,1H3,(H,30,32). The summed E-state index contributed by atoms with van der Waals surface area (Å²) in [5.74, 6) is -4.05. The van der Waals surface area contributed by atoms with Gasteiger partial charge in [0.2, 0.25) is 5.91 Å². The van der Waals surface area contributed by atoms with E-state index in [-0.39, 0.29) is 24.5 Å². The number of esters is 1. The molecule has 0 aromatic heterocycles. The Kier molecular flexibility index (Phi) is 9.25. The molecule has 0 saturated heterocycles. The van der Waals surface area contributed by atoms with E-state index in [1.54, 1.807) is 19.1 Å². The third-order valence-corrected chi connectivity index (χ3v) is 6.20. The molecule has 35 heavy (non-hydrogen) atoms. The van der Waals surface area contributed by atoms with Crippen molar-refractivity contribution in [2.24, 2.45) is 5.92 Å². The van der Waals surface area contributed by atoms with Crippen LogP contribution in [0, 0.1) is 17.6 Å². The van der Waals surface area contributed by atoms with Crippen LogP contribution >= 0.6 is 12.6 Å². The first-order chi connectivity index (χ1) is 16.8. The lowest BCUT2D eigenvalue weighted by atomic mass is 9.87. The van der Waals surface area contributed by atoms with E-state index in [1.807, 2.05) is 30.3 Å². The maximum Gasteiger partial charge on any atom is 0.329 e. The number of rotatable bonds is 10. The highest BCUT2D eigenvalue weighted by molar-refractivity contribution is 7.80. The van der Waals surface area contributed by atoms with Crippen LogP contribution in [0.4, 0.5) is 8.78 Å². The molecule has 0 aliphatic heterocycles. The first-order valence-corrected chi connectivity index (χ1v) is 11.8. The maximum atomic E-state index is 13.7. The number of phenolic OH excluding ortho intramolecular Hbond substituents is 1. The fourth-order valence-electron chi connectivity index (χ4n) is 3.67. The van der Waals surface area contributed by atoms with Crippen LogP contribution in [0.1, 0.15) is 29.5 Å². The second kappa shape index (κ2) is 12.4. The number of carbonyl (C=O) groups excluding carboxylic acids is 2. The second-order valence-electron chi connectivity index (χ2n) is 8.28. The number of nitrogens with one attached hydrogen (secondary N) is 1. The number of phenols is 1. The minimum Gasteiger partial charge on any atom is -0.508 e. The predicted molar refractivity (Wildman–Crippen MR) is 132 cm³/mol. The van der Waals surface area contributed by atoms with E-state index in [0.717, 1.165) is 17.7 Å². The van der Waals surface area contributed by atoms with Crippen molar-refractivity contribution >= 4 is 24.5 Å². The zero-order valence-corrected chi connectivity index (χ0v) is 20.1. The van der Waals surface area contributed by atoms with Gasteiger partial charge in [-0.2, -0.15) is 12.6 Å². The van der Waals surface area contributed by atoms with Crippen molar-refractivity contribution in [3.8, 4) is 5.75 Å². The van der Waals surface area contributed by atoms with Crippen molar-refractivity contribution in [1.29, 1.82) is 0 Å². The minimum atomic E-state index is -1.00. The molecule has 0 fully saturated rings. The Bertz CT molecular complexity index is 1140. The van der Waals surface area contributed by atoms with Gasteiger partial charge in [0, 0.05) is 12.2 Å². The Labute approximate surface area is 208 Å². The number of aromatic hydroxyl groups is 1. The highest BCUT2D eigenvalue weighted by Gasteiger charge is 2.30. The van der Waals surface area contributed by atoms with E-state index in [1.165, 1.54) is 18.2 Å². The number of hydrogen-bond acceptors (Lipinski definition) is 5. The Morgan fingerprint density at radius 3 is 2.29 bits per heavy atom. The molecular weight excluding hydrogens is 472 g/mol. The van der Waals surface area contributed by atoms with E-state index in [0.29, 0.717) is 11.1 Å². The molecule has 0 saturated carbocycles. The van der Waals surface area contributed by atoms with Gasteiger partial charge >= 0.3 is 5.97 Å². The van der Waals surface area contributed by atoms with Crippen LogP contribution in [0.3, 0.4) is 0 Å². The number of amides is 1. The number of halogens is 2. The van der Waals surface area contributed by atoms with Crippen molar-refractivity contribution in [3.05, 3.63) is 101 Å². The summed E-state index contributed by atoms with van der Waals surface area (Å²) in [5.41, 5.74) is 1.96. The fourth-order valence-corrected chi connectivity index (χ4v) is 4.15. The van der Waals surface area contributed by atoms with Gasteiger partial charge in [-0.3, -0.25) is 4.79 Å². The summed E-state index contributed by atoms with van der Waals surface area (Å²) in [7, 11) is 0. The molecule has 0 aliphatic carbocycles. The number of ether oxygens (including phenoxy) is 1. The molecule has 3 rings (SSSR count). The lowest BCUT2D eigenvalue weighted by molar-refractivity contribution is -0.149. The first kappa shape index (κ1) is 26.2. The van der Waals surface area contributed by atoms with E-state index < -0.39 is 41.4 Å². The van der Waals surface area contributed by atoms with Crippen LogP contribution in [0.2, 0.25) is 0 Å². The summed E-state index contributed by atoms with van der Waals surface area (Å²) < 4.78 is 32.6. The summed E-state index contributed by atoms with van der Waals surface area (Å²) in [6.45, 7) is 1.76. The fraction of sp³-hybridized carbons (Fsp3) is 0.259. The third-order valence-electron chi connectivity index (χ3n) is 5.81. The van der Waals surface area contributed by atoms with Gasteiger partial charge in [-0.1, -0.05) is 55.5 Å². The average Bonchev–Trinajstić information content (AvgIpc) is 2.86. The van der Waals surface area contributed by atoms with E-state index >= 15 is 0 Å². The highest BCUT2D eigenvalue weighted by Crippen LogP contribution is 2.27. The van der Waals surface area contributed by atoms with Gasteiger partial charge in [-0.15, -0.1) is 0 Å². The van der Waals surface area contributed by atoms with Gasteiger partial charge in [0.1, 0.15) is 18.4 Å². The highest BCUT2D eigenvalue weighted by atomic mass is 32.1. The van der Waals surface area contributed by atoms with Crippen LogP contribution in [0.15, 0.2) is 72.8 Å². The molecule has 3 unspecified atom stereocenters. The molecule has 3 aromatic carbocycles. The lowest BCUT2D eigenvalue weighted by Gasteiger charge is -2.25. The first-order valence-electron chi connectivity index (χ1n) is 11.1. The van der Waals surface area contributed by atoms with Crippen molar-refractivity contribution in [2.45, 2.75) is 31.9 Å². The quantitative estimate of drug-likeness (QED) is 0.277. The molecule has 0 bridgehead atoms. The van der Waals surface area contributed by atoms with Crippen LogP contribution in [-0.2, 0) is 27.4 Å².